The van der Waals surface area contributed by atoms with Crippen molar-refractivity contribution in [1.82, 2.24) is 9.47 Å². The van der Waals surface area contributed by atoms with Gasteiger partial charge in [0.1, 0.15) is 0 Å². The van der Waals surface area contributed by atoms with E-state index >= 15 is 0 Å². The number of benzene rings is 2. The number of nitrogens with two attached hydrogens (primary N) is 1. The molecule has 0 fully saturated rings. The van der Waals surface area contributed by atoms with Crippen LogP contribution in [0.15, 0.2) is 53.4 Å². The van der Waals surface area contributed by atoms with E-state index in [9.17, 15) is 18.3 Å². The van der Waals surface area contributed by atoms with Gasteiger partial charge in [-0.2, -0.15) is 0 Å². The topological polar surface area (TPSA) is 106 Å². The Labute approximate surface area is 207 Å². The molecule has 8 heteroatoms. The Morgan fingerprint density at radius 2 is 1.80 bits per heavy atom. The smallest absolute Gasteiger partial charge is 0.238 e. The minimum atomic E-state index is -3.80. The van der Waals surface area contributed by atoms with Gasteiger partial charge in [0, 0.05) is 42.4 Å². The van der Waals surface area contributed by atoms with Crippen molar-refractivity contribution in [3.63, 3.8) is 0 Å². The zero-order valence-corrected chi connectivity index (χ0v) is 21.7. The Hall–Kier alpha value is -2.94. The summed E-state index contributed by atoms with van der Waals surface area (Å²) in [6, 6.07) is 14.8. The van der Waals surface area contributed by atoms with Gasteiger partial charge in [-0.3, -0.25) is 4.79 Å². The van der Waals surface area contributed by atoms with E-state index in [1.54, 1.807) is 19.1 Å². The molecule has 1 aliphatic heterocycles. The van der Waals surface area contributed by atoms with Crippen LogP contribution in [-0.4, -0.2) is 35.4 Å². The lowest BCUT2D eigenvalue weighted by Gasteiger charge is -2.39. The third kappa shape index (κ3) is 4.66. The van der Waals surface area contributed by atoms with Crippen LogP contribution in [0.5, 0.6) is 0 Å². The molecule has 3 aromatic rings. The highest BCUT2D eigenvalue weighted by molar-refractivity contribution is 7.89. The minimum absolute atomic E-state index is 0.0433. The first-order chi connectivity index (χ1) is 16.3. The second-order valence-electron chi connectivity index (χ2n) is 10.00. The minimum Gasteiger partial charge on any atom is -0.388 e. The molecule has 3 N–H and O–H groups in total. The van der Waals surface area contributed by atoms with Crippen LogP contribution in [0, 0.1) is 6.92 Å². The van der Waals surface area contributed by atoms with Gasteiger partial charge >= 0.3 is 0 Å². The molecule has 0 saturated carbocycles. The summed E-state index contributed by atoms with van der Waals surface area (Å²) < 4.78 is 25.5. The van der Waals surface area contributed by atoms with Crippen molar-refractivity contribution < 1.29 is 18.3 Å². The second-order valence-corrected chi connectivity index (χ2v) is 11.6. The number of hydrogen-bond donors (Lipinski definition) is 2. The summed E-state index contributed by atoms with van der Waals surface area (Å²) in [6.45, 7) is 11.0. The van der Waals surface area contributed by atoms with Crippen LogP contribution in [0.1, 0.15) is 62.6 Å². The summed E-state index contributed by atoms with van der Waals surface area (Å²) in [5.74, 6) is 0.0525. The number of aliphatic hydroxyl groups is 1. The first-order valence-electron chi connectivity index (χ1n) is 11.8. The molecular weight excluding hydrogens is 462 g/mol. The van der Waals surface area contributed by atoms with Gasteiger partial charge in [0.05, 0.1) is 16.7 Å². The van der Waals surface area contributed by atoms with Gasteiger partial charge in [0.15, 0.2) is 0 Å². The highest BCUT2D eigenvalue weighted by Gasteiger charge is 2.33. The van der Waals surface area contributed by atoms with Crippen molar-refractivity contribution in [2.45, 2.75) is 64.0 Å². The molecule has 35 heavy (non-hydrogen) atoms. The normalized spacial score (nSPS) is 16.1. The maximum atomic E-state index is 12.2. The molecule has 0 spiro atoms. The Morgan fingerprint density at radius 3 is 2.37 bits per heavy atom. The number of aromatic nitrogens is 1. The van der Waals surface area contributed by atoms with Gasteiger partial charge in [-0.15, -0.1) is 0 Å². The van der Waals surface area contributed by atoms with Crippen LogP contribution in [0.3, 0.4) is 0 Å². The molecule has 1 amide bonds. The van der Waals surface area contributed by atoms with Crippen LogP contribution in [0.2, 0.25) is 0 Å². The number of primary sulfonamides is 1. The lowest BCUT2D eigenvalue weighted by molar-refractivity contribution is -0.130. The largest absolute Gasteiger partial charge is 0.388 e. The number of carbonyl (C=O) groups excluding carboxylic acids is 1. The van der Waals surface area contributed by atoms with E-state index in [-0.39, 0.29) is 16.2 Å². The predicted molar refractivity (Wildman–Crippen MR) is 137 cm³/mol. The standard InChI is InChI=1S/C27H33N3O4S/c1-6-26(32)23-14-25(30(17(23)2)21-8-10-22(11-9-21)35(28,33)34)19-7-12-24-20(13-19)15-29(18(3)31)16-27(24,4)5/h7-14,26,32H,6,15-16H2,1-5H3,(H2,28,33,34). The number of nitrogens with zero attached hydrogens (tertiary/aromatic N) is 2. The van der Waals surface area contributed by atoms with Gasteiger partial charge < -0.3 is 14.6 Å². The average molecular weight is 496 g/mol. The maximum Gasteiger partial charge on any atom is 0.238 e. The molecule has 2 heterocycles. The third-order valence-corrected chi connectivity index (χ3v) is 7.91. The molecule has 186 valence electrons. The van der Waals surface area contributed by atoms with E-state index in [2.05, 4.69) is 32.0 Å². The van der Waals surface area contributed by atoms with E-state index in [4.69, 9.17) is 5.14 Å². The van der Waals surface area contributed by atoms with Crippen molar-refractivity contribution in [2.75, 3.05) is 6.54 Å². The maximum absolute atomic E-state index is 12.2. The molecule has 1 unspecified atom stereocenters. The van der Waals surface area contributed by atoms with Gasteiger partial charge in [0.2, 0.25) is 15.9 Å². The van der Waals surface area contributed by atoms with Crippen molar-refractivity contribution in [3.8, 4) is 16.9 Å². The number of carbonyl (C=O) groups is 1. The Balaban J connectivity index is 1.89. The molecule has 1 aromatic heterocycles. The first-order valence-corrected chi connectivity index (χ1v) is 13.3. The molecule has 2 aromatic carbocycles. The van der Waals surface area contributed by atoms with E-state index in [0.29, 0.717) is 19.5 Å². The summed E-state index contributed by atoms with van der Waals surface area (Å²) in [6.07, 6.45) is -0.0518. The summed E-state index contributed by atoms with van der Waals surface area (Å²) in [5, 5.41) is 16.0. The third-order valence-electron chi connectivity index (χ3n) is 6.98. The Morgan fingerprint density at radius 1 is 1.14 bits per heavy atom. The Kier molecular flexibility index (Phi) is 6.42. The van der Waals surface area contributed by atoms with Gasteiger partial charge in [-0.25, -0.2) is 13.6 Å². The van der Waals surface area contributed by atoms with Crippen molar-refractivity contribution in [3.05, 3.63) is 70.9 Å². The molecule has 0 bridgehead atoms. The fraction of sp³-hybridized carbons (Fsp3) is 0.370. The molecule has 1 aliphatic rings. The highest BCUT2D eigenvalue weighted by Crippen LogP contribution is 2.38. The van der Waals surface area contributed by atoms with E-state index < -0.39 is 16.1 Å². The van der Waals surface area contributed by atoms with Gasteiger partial charge in [0.25, 0.3) is 0 Å². The average Bonchev–Trinajstić information content (AvgIpc) is 3.14. The SMILES string of the molecule is CCC(O)c1cc(-c2ccc3c(c2)CN(C(C)=O)CC3(C)C)n(-c2ccc(S(N)(=O)=O)cc2)c1C. The molecule has 7 nitrogen and oxygen atoms in total. The monoisotopic (exact) mass is 495 g/mol. The number of sulfonamides is 1. The molecule has 1 atom stereocenters. The first kappa shape index (κ1) is 25.2. The van der Waals surface area contributed by atoms with E-state index in [1.165, 1.54) is 17.7 Å². The molecule has 0 radical (unpaired) electrons. The zero-order valence-electron chi connectivity index (χ0n) is 20.9. The van der Waals surface area contributed by atoms with Crippen LogP contribution in [0.25, 0.3) is 16.9 Å². The lowest BCUT2D eigenvalue weighted by Crippen LogP contribution is -2.44. The second kappa shape index (κ2) is 8.93. The van der Waals surface area contributed by atoms with Crippen LogP contribution in [0.4, 0.5) is 0 Å². The van der Waals surface area contributed by atoms with Gasteiger partial charge in [-0.1, -0.05) is 32.9 Å². The van der Waals surface area contributed by atoms with Crippen molar-refractivity contribution >= 4 is 15.9 Å². The summed E-state index contributed by atoms with van der Waals surface area (Å²) >= 11 is 0. The molecule has 0 saturated heterocycles. The quantitative estimate of drug-likeness (QED) is 0.554. The summed E-state index contributed by atoms with van der Waals surface area (Å²) in [4.78, 5) is 14.1. The van der Waals surface area contributed by atoms with Gasteiger partial charge in [-0.05, 0) is 66.4 Å². The number of hydrogen-bond acceptors (Lipinski definition) is 4. The fourth-order valence-electron chi connectivity index (χ4n) is 5.10. The number of aliphatic hydroxyl groups excluding tert-OH is 1. The van der Waals surface area contributed by atoms with Crippen LogP contribution >= 0.6 is 0 Å². The lowest BCUT2D eigenvalue weighted by atomic mass is 9.77. The number of amides is 1. The number of fused-ring (bicyclic) bond motifs is 1. The summed E-state index contributed by atoms with van der Waals surface area (Å²) in [5.41, 5.74) is 6.46. The van der Waals surface area contributed by atoms with Crippen LogP contribution < -0.4 is 5.14 Å². The molecular formula is C27H33N3O4S. The Bertz CT molecular complexity index is 1390. The number of rotatable bonds is 5. The van der Waals surface area contributed by atoms with Crippen molar-refractivity contribution in [2.24, 2.45) is 5.14 Å². The zero-order chi connectivity index (χ0) is 25.7. The predicted octanol–water partition coefficient (Wildman–Crippen LogP) is 4.18. The highest BCUT2D eigenvalue weighted by atomic mass is 32.2. The van der Waals surface area contributed by atoms with Crippen LogP contribution in [-0.2, 0) is 26.8 Å². The van der Waals surface area contributed by atoms with E-state index in [0.717, 1.165) is 33.8 Å². The van der Waals surface area contributed by atoms with E-state index in [1.807, 2.05) is 29.4 Å². The van der Waals surface area contributed by atoms with Crippen molar-refractivity contribution in [1.29, 1.82) is 0 Å². The molecule has 4 rings (SSSR count). The summed E-state index contributed by atoms with van der Waals surface area (Å²) in [7, 11) is -3.80. The fourth-order valence-corrected chi connectivity index (χ4v) is 5.62. The molecule has 0 aliphatic carbocycles.